The van der Waals surface area contributed by atoms with E-state index in [1.165, 1.54) is 14.0 Å². The van der Waals surface area contributed by atoms with E-state index in [-0.39, 0.29) is 17.1 Å². The van der Waals surface area contributed by atoms with Crippen LogP contribution in [0.4, 0.5) is 0 Å². The van der Waals surface area contributed by atoms with Crippen LogP contribution >= 0.6 is 15.9 Å². The SMILES string of the molecule is COc1cccc(C(Br)C(C)=O)c1C(=O)O. The van der Waals surface area contributed by atoms with Crippen molar-refractivity contribution in [2.75, 3.05) is 7.11 Å². The molecule has 0 radical (unpaired) electrons. The van der Waals surface area contributed by atoms with Gasteiger partial charge in [-0.3, -0.25) is 4.79 Å². The zero-order valence-corrected chi connectivity index (χ0v) is 10.4. The molecule has 0 spiro atoms. The number of carboxylic acid groups (broad SMARTS) is 1. The summed E-state index contributed by atoms with van der Waals surface area (Å²) in [4.78, 5) is 21.7. The van der Waals surface area contributed by atoms with E-state index in [0.717, 1.165) is 0 Å². The summed E-state index contributed by atoms with van der Waals surface area (Å²) in [5.74, 6) is -1.02. The summed E-state index contributed by atoms with van der Waals surface area (Å²) >= 11 is 3.16. The van der Waals surface area contributed by atoms with Crippen molar-refractivity contribution in [1.82, 2.24) is 0 Å². The molecule has 0 heterocycles. The van der Waals surface area contributed by atoms with Crippen molar-refractivity contribution in [3.05, 3.63) is 29.3 Å². The van der Waals surface area contributed by atoms with Gasteiger partial charge in [0.1, 0.15) is 17.1 Å². The van der Waals surface area contributed by atoms with Gasteiger partial charge < -0.3 is 9.84 Å². The zero-order chi connectivity index (χ0) is 12.3. The van der Waals surface area contributed by atoms with Crippen LogP contribution in [0.5, 0.6) is 5.75 Å². The Morgan fingerprint density at radius 3 is 2.50 bits per heavy atom. The molecule has 0 aliphatic rings. The standard InChI is InChI=1S/C11H11BrO4/c1-6(13)10(12)7-4-3-5-8(16-2)9(7)11(14)15/h3-5,10H,1-2H3,(H,14,15). The third kappa shape index (κ3) is 2.41. The molecule has 1 N–H and O–H groups in total. The fraction of sp³-hybridized carbons (Fsp3) is 0.273. The number of ether oxygens (including phenoxy) is 1. The molecule has 16 heavy (non-hydrogen) atoms. The lowest BCUT2D eigenvalue weighted by Crippen LogP contribution is -2.10. The smallest absolute Gasteiger partial charge is 0.339 e. The first kappa shape index (κ1) is 12.7. The lowest BCUT2D eigenvalue weighted by atomic mass is 10.0. The summed E-state index contributed by atoms with van der Waals surface area (Å²) in [6, 6.07) is 4.79. The molecule has 0 saturated carbocycles. The number of carbonyl (C=O) groups excluding carboxylic acids is 1. The number of alkyl halides is 1. The third-order valence-corrected chi connectivity index (χ3v) is 3.26. The topological polar surface area (TPSA) is 63.6 Å². The fourth-order valence-electron chi connectivity index (χ4n) is 1.38. The van der Waals surface area contributed by atoms with Crippen molar-refractivity contribution in [3.8, 4) is 5.75 Å². The van der Waals surface area contributed by atoms with Gasteiger partial charge in [0, 0.05) is 0 Å². The number of hydrogen-bond acceptors (Lipinski definition) is 3. The fourth-order valence-corrected chi connectivity index (χ4v) is 1.76. The van der Waals surface area contributed by atoms with Crippen LogP contribution in [-0.2, 0) is 4.79 Å². The molecule has 0 bridgehead atoms. The van der Waals surface area contributed by atoms with E-state index in [4.69, 9.17) is 9.84 Å². The maximum absolute atomic E-state index is 11.2. The van der Waals surface area contributed by atoms with Crippen LogP contribution < -0.4 is 4.74 Å². The van der Waals surface area contributed by atoms with Gasteiger partial charge in [0.05, 0.1) is 11.9 Å². The largest absolute Gasteiger partial charge is 0.496 e. The van der Waals surface area contributed by atoms with Gasteiger partial charge in [0.2, 0.25) is 0 Å². The van der Waals surface area contributed by atoms with E-state index in [1.54, 1.807) is 18.2 Å². The van der Waals surface area contributed by atoms with Gasteiger partial charge in [-0.1, -0.05) is 28.1 Å². The Morgan fingerprint density at radius 2 is 2.06 bits per heavy atom. The predicted molar refractivity (Wildman–Crippen MR) is 62.3 cm³/mol. The molecule has 0 fully saturated rings. The number of halogens is 1. The number of ketones is 1. The summed E-state index contributed by atoms with van der Waals surface area (Å²) < 4.78 is 4.96. The Hall–Kier alpha value is -1.36. The number of Topliss-reactive ketones (excluding diaryl/α,β-unsaturated/α-hetero) is 1. The summed E-state index contributed by atoms with van der Waals surface area (Å²) in [5, 5.41) is 9.10. The molecule has 1 rings (SSSR count). The van der Waals surface area contributed by atoms with Crippen molar-refractivity contribution < 1.29 is 19.4 Å². The summed E-state index contributed by atoms with van der Waals surface area (Å²) in [7, 11) is 1.39. The maximum atomic E-state index is 11.2. The Kier molecular flexibility index (Phi) is 4.06. The lowest BCUT2D eigenvalue weighted by Gasteiger charge is -2.13. The number of aromatic carboxylic acids is 1. The third-order valence-electron chi connectivity index (χ3n) is 2.12. The van der Waals surface area contributed by atoms with Gasteiger partial charge in [-0.25, -0.2) is 4.79 Å². The molecule has 0 aromatic heterocycles. The second-order valence-electron chi connectivity index (χ2n) is 3.20. The van der Waals surface area contributed by atoms with Crippen molar-refractivity contribution in [2.24, 2.45) is 0 Å². The van der Waals surface area contributed by atoms with Gasteiger partial charge in [0.25, 0.3) is 0 Å². The number of carboxylic acids is 1. The summed E-state index contributed by atoms with van der Waals surface area (Å²) in [5.41, 5.74) is 0.418. The minimum Gasteiger partial charge on any atom is -0.496 e. The number of carbonyl (C=O) groups is 2. The predicted octanol–water partition coefficient (Wildman–Crippen LogP) is 2.42. The highest BCUT2D eigenvalue weighted by molar-refractivity contribution is 9.09. The molecule has 86 valence electrons. The number of rotatable bonds is 4. The molecule has 1 aromatic rings. The van der Waals surface area contributed by atoms with Crippen LogP contribution in [0.2, 0.25) is 0 Å². The molecule has 0 amide bonds. The highest BCUT2D eigenvalue weighted by atomic mass is 79.9. The van der Waals surface area contributed by atoms with E-state index in [9.17, 15) is 9.59 Å². The first-order valence-corrected chi connectivity index (χ1v) is 5.45. The van der Waals surface area contributed by atoms with Gasteiger partial charge in [-0.15, -0.1) is 0 Å². The van der Waals surface area contributed by atoms with E-state index in [1.807, 2.05) is 0 Å². The first-order chi connectivity index (χ1) is 7.49. The van der Waals surface area contributed by atoms with Crippen molar-refractivity contribution in [1.29, 1.82) is 0 Å². The molecule has 4 nitrogen and oxygen atoms in total. The quantitative estimate of drug-likeness (QED) is 0.864. The van der Waals surface area contributed by atoms with Crippen molar-refractivity contribution >= 4 is 27.7 Å². The minimum atomic E-state index is -1.11. The van der Waals surface area contributed by atoms with Gasteiger partial charge >= 0.3 is 5.97 Å². The second kappa shape index (κ2) is 5.12. The lowest BCUT2D eigenvalue weighted by molar-refractivity contribution is -0.116. The highest BCUT2D eigenvalue weighted by Crippen LogP contribution is 2.32. The van der Waals surface area contributed by atoms with Gasteiger partial charge in [-0.05, 0) is 18.6 Å². The van der Waals surface area contributed by atoms with Gasteiger partial charge in [0.15, 0.2) is 0 Å². The zero-order valence-electron chi connectivity index (χ0n) is 8.86. The molecular weight excluding hydrogens is 276 g/mol. The van der Waals surface area contributed by atoms with Crippen LogP contribution in [-0.4, -0.2) is 24.0 Å². The van der Waals surface area contributed by atoms with E-state index >= 15 is 0 Å². The Balaban J connectivity index is 3.38. The molecule has 0 aliphatic heterocycles. The minimum absolute atomic E-state index is 0.0158. The van der Waals surface area contributed by atoms with Crippen LogP contribution in [0, 0.1) is 0 Å². The Morgan fingerprint density at radius 1 is 1.44 bits per heavy atom. The van der Waals surface area contributed by atoms with Crippen molar-refractivity contribution in [3.63, 3.8) is 0 Å². The number of benzene rings is 1. The highest BCUT2D eigenvalue weighted by Gasteiger charge is 2.23. The summed E-state index contributed by atoms with van der Waals surface area (Å²) in [6.45, 7) is 1.39. The summed E-state index contributed by atoms with van der Waals surface area (Å²) in [6.07, 6.45) is 0. The molecular formula is C11H11BrO4. The molecule has 1 atom stereocenters. The molecule has 0 saturated heterocycles. The first-order valence-electron chi connectivity index (χ1n) is 4.53. The number of hydrogen-bond donors (Lipinski definition) is 1. The second-order valence-corrected chi connectivity index (χ2v) is 4.12. The maximum Gasteiger partial charge on any atom is 0.339 e. The van der Waals surface area contributed by atoms with Crippen LogP contribution in [0.3, 0.4) is 0 Å². The number of methoxy groups -OCH3 is 1. The van der Waals surface area contributed by atoms with Crippen LogP contribution in [0.1, 0.15) is 27.7 Å². The van der Waals surface area contributed by atoms with E-state index in [0.29, 0.717) is 5.56 Å². The van der Waals surface area contributed by atoms with Crippen LogP contribution in [0.25, 0.3) is 0 Å². The molecule has 1 aromatic carbocycles. The monoisotopic (exact) mass is 286 g/mol. The normalized spacial score (nSPS) is 11.9. The Labute approximate surface area is 101 Å². The Bertz CT molecular complexity index is 428. The molecule has 1 unspecified atom stereocenters. The van der Waals surface area contributed by atoms with E-state index < -0.39 is 10.8 Å². The van der Waals surface area contributed by atoms with Crippen LogP contribution in [0.15, 0.2) is 18.2 Å². The van der Waals surface area contributed by atoms with Crippen molar-refractivity contribution in [2.45, 2.75) is 11.8 Å². The average Bonchev–Trinajstić information content (AvgIpc) is 2.26. The van der Waals surface area contributed by atoms with E-state index in [2.05, 4.69) is 15.9 Å². The van der Waals surface area contributed by atoms with Gasteiger partial charge in [-0.2, -0.15) is 0 Å². The average molecular weight is 287 g/mol. The molecule has 0 aliphatic carbocycles. The molecule has 5 heteroatoms.